The second kappa shape index (κ2) is 7.81. The Hall–Kier alpha value is -4.20. The standard InChI is InChI=1S/C24H19NO7/c26-16-6-3-14(4-7-16)21-20(23(28)24(29)25(21)13-17-2-1-9-30-17)22(27)15-5-8-18-19(12-15)32-11-10-31-18/h1-9,12,21,26-27H,10-11,13H2. The number of phenols is 1. The third-order valence-corrected chi connectivity index (χ3v) is 5.47. The van der Waals surface area contributed by atoms with Crippen LogP contribution >= 0.6 is 0 Å². The Morgan fingerprint density at radius 3 is 2.47 bits per heavy atom. The number of ketones is 1. The van der Waals surface area contributed by atoms with E-state index in [0.717, 1.165) is 0 Å². The van der Waals surface area contributed by atoms with E-state index in [1.807, 2.05) is 0 Å². The Balaban J connectivity index is 1.63. The minimum atomic E-state index is -0.867. The molecule has 32 heavy (non-hydrogen) atoms. The van der Waals surface area contributed by atoms with Gasteiger partial charge in [-0.1, -0.05) is 12.1 Å². The first-order chi connectivity index (χ1) is 15.5. The van der Waals surface area contributed by atoms with Crippen molar-refractivity contribution in [3.63, 3.8) is 0 Å². The van der Waals surface area contributed by atoms with Gasteiger partial charge in [-0.25, -0.2) is 0 Å². The molecule has 2 aliphatic rings. The quantitative estimate of drug-likeness (QED) is 0.369. The number of aliphatic hydroxyl groups is 1. The third-order valence-electron chi connectivity index (χ3n) is 5.47. The van der Waals surface area contributed by atoms with Crippen LogP contribution in [0.4, 0.5) is 0 Å². The smallest absolute Gasteiger partial charge is 0.296 e. The largest absolute Gasteiger partial charge is 0.508 e. The van der Waals surface area contributed by atoms with Crippen molar-refractivity contribution >= 4 is 17.4 Å². The van der Waals surface area contributed by atoms with E-state index >= 15 is 0 Å². The van der Waals surface area contributed by atoms with Gasteiger partial charge in [0.2, 0.25) is 0 Å². The Labute approximate surface area is 182 Å². The van der Waals surface area contributed by atoms with E-state index in [1.165, 1.54) is 23.3 Å². The molecule has 1 aromatic heterocycles. The van der Waals surface area contributed by atoms with Gasteiger partial charge < -0.3 is 29.0 Å². The number of likely N-dealkylation sites (tertiary alicyclic amines) is 1. The molecule has 8 nitrogen and oxygen atoms in total. The van der Waals surface area contributed by atoms with Gasteiger partial charge in [0.05, 0.1) is 24.4 Å². The number of carbonyl (C=O) groups is 2. The third kappa shape index (κ3) is 3.35. The molecule has 0 radical (unpaired) electrons. The number of nitrogens with zero attached hydrogens (tertiary/aromatic N) is 1. The zero-order chi connectivity index (χ0) is 22.2. The van der Waals surface area contributed by atoms with Crippen molar-refractivity contribution in [3.05, 3.63) is 83.3 Å². The number of fused-ring (bicyclic) bond motifs is 1. The van der Waals surface area contributed by atoms with E-state index in [4.69, 9.17) is 13.9 Å². The van der Waals surface area contributed by atoms with Crippen molar-refractivity contribution in [2.75, 3.05) is 13.2 Å². The summed E-state index contributed by atoms with van der Waals surface area (Å²) in [6.07, 6.45) is 1.48. The molecule has 1 atom stereocenters. The van der Waals surface area contributed by atoms with Gasteiger partial charge in [-0.15, -0.1) is 0 Å². The van der Waals surface area contributed by atoms with Gasteiger partial charge in [0.15, 0.2) is 11.5 Å². The summed E-state index contributed by atoms with van der Waals surface area (Å²) < 4.78 is 16.5. The van der Waals surface area contributed by atoms with Gasteiger partial charge in [0.25, 0.3) is 11.7 Å². The fourth-order valence-electron chi connectivity index (χ4n) is 3.96. The average Bonchev–Trinajstić information content (AvgIpc) is 3.41. The van der Waals surface area contributed by atoms with Gasteiger partial charge in [0, 0.05) is 5.56 Å². The molecule has 0 bridgehead atoms. The van der Waals surface area contributed by atoms with Crippen LogP contribution < -0.4 is 9.47 Å². The maximum absolute atomic E-state index is 13.1. The molecule has 3 aromatic rings. The number of amides is 1. The molecule has 2 aliphatic heterocycles. The Kier molecular flexibility index (Phi) is 4.82. The minimum absolute atomic E-state index is 0.0427. The van der Waals surface area contributed by atoms with Crippen LogP contribution in [0.5, 0.6) is 17.2 Å². The lowest BCUT2D eigenvalue weighted by molar-refractivity contribution is -0.140. The fourth-order valence-corrected chi connectivity index (χ4v) is 3.96. The van der Waals surface area contributed by atoms with Crippen LogP contribution in [-0.4, -0.2) is 40.0 Å². The highest BCUT2D eigenvalue weighted by Gasteiger charge is 2.46. The molecule has 2 N–H and O–H groups in total. The van der Waals surface area contributed by atoms with Crippen molar-refractivity contribution in [1.29, 1.82) is 0 Å². The number of phenolic OH excluding ortho intramolecular Hbond substituents is 1. The molecule has 1 fully saturated rings. The van der Waals surface area contributed by atoms with Gasteiger partial charge >= 0.3 is 0 Å². The first-order valence-electron chi connectivity index (χ1n) is 10.0. The monoisotopic (exact) mass is 433 g/mol. The van der Waals surface area contributed by atoms with Crippen molar-refractivity contribution in [2.45, 2.75) is 12.6 Å². The first kappa shape index (κ1) is 19.7. The molecule has 8 heteroatoms. The number of aliphatic hydroxyl groups excluding tert-OH is 1. The maximum Gasteiger partial charge on any atom is 0.296 e. The van der Waals surface area contributed by atoms with Crippen LogP contribution in [0.25, 0.3) is 5.76 Å². The summed E-state index contributed by atoms with van der Waals surface area (Å²) in [7, 11) is 0. The molecule has 5 rings (SSSR count). The van der Waals surface area contributed by atoms with E-state index in [9.17, 15) is 19.8 Å². The van der Waals surface area contributed by atoms with Crippen molar-refractivity contribution in [3.8, 4) is 17.2 Å². The molecule has 1 saturated heterocycles. The lowest BCUT2D eigenvalue weighted by Gasteiger charge is -2.24. The molecule has 2 aromatic carbocycles. The zero-order valence-electron chi connectivity index (χ0n) is 16.9. The summed E-state index contributed by atoms with van der Waals surface area (Å²) in [4.78, 5) is 27.4. The Morgan fingerprint density at radius 1 is 1.00 bits per heavy atom. The Bertz CT molecular complexity index is 1210. The SMILES string of the molecule is O=C1C(=O)N(Cc2ccco2)C(c2ccc(O)cc2)C1=C(O)c1ccc2c(c1)OCCO2. The van der Waals surface area contributed by atoms with E-state index in [-0.39, 0.29) is 23.6 Å². The van der Waals surface area contributed by atoms with Gasteiger partial charge in [-0.3, -0.25) is 9.59 Å². The summed E-state index contributed by atoms with van der Waals surface area (Å²) in [5.41, 5.74) is 0.839. The van der Waals surface area contributed by atoms with E-state index in [0.29, 0.717) is 41.6 Å². The average molecular weight is 433 g/mol. The number of Topliss-reactive ketones (excluding diaryl/α,β-unsaturated/α-hetero) is 1. The second-order valence-electron chi connectivity index (χ2n) is 7.46. The van der Waals surface area contributed by atoms with Crippen molar-refractivity contribution in [1.82, 2.24) is 4.90 Å². The Morgan fingerprint density at radius 2 is 1.75 bits per heavy atom. The van der Waals surface area contributed by atoms with Crippen LogP contribution in [0, 0.1) is 0 Å². The van der Waals surface area contributed by atoms with E-state index < -0.39 is 17.7 Å². The predicted octanol–water partition coefficient (Wildman–Crippen LogP) is 3.38. The van der Waals surface area contributed by atoms with Gasteiger partial charge in [-0.05, 0) is 48.0 Å². The van der Waals surface area contributed by atoms with Crippen molar-refractivity contribution in [2.24, 2.45) is 0 Å². The zero-order valence-corrected chi connectivity index (χ0v) is 16.9. The molecule has 1 unspecified atom stereocenters. The number of furan rings is 1. The number of rotatable bonds is 4. The summed E-state index contributed by atoms with van der Waals surface area (Å²) in [5.74, 6) is -0.341. The number of benzene rings is 2. The highest BCUT2D eigenvalue weighted by molar-refractivity contribution is 6.46. The fraction of sp³-hybridized carbons (Fsp3) is 0.167. The predicted molar refractivity (Wildman–Crippen MR) is 112 cm³/mol. The summed E-state index contributed by atoms with van der Waals surface area (Å²) in [6.45, 7) is 0.844. The molecular formula is C24H19NO7. The molecule has 0 aliphatic carbocycles. The number of hydrogen-bond donors (Lipinski definition) is 2. The normalized spacial score (nSPS) is 19.4. The number of aromatic hydroxyl groups is 1. The highest BCUT2D eigenvalue weighted by atomic mass is 16.6. The number of carbonyl (C=O) groups excluding carboxylic acids is 2. The summed E-state index contributed by atoms with van der Waals surface area (Å²) >= 11 is 0. The second-order valence-corrected chi connectivity index (χ2v) is 7.46. The summed E-state index contributed by atoms with van der Waals surface area (Å²) in [6, 6.07) is 13.5. The van der Waals surface area contributed by atoms with Crippen molar-refractivity contribution < 1.29 is 33.7 Å². The summed E-state index contributed by atoms with van der Waals surface area (Å²) in [5, 5.41) is 20.8. The number of hydrogen-bond acceptors (Lipinski definition) is 7. The first-order valence-corrected chi connectivity index (χ1v) is 10.0. The molecular weight excluding hydrogens is 414 g/mol. The lowest BCUT2D eigenvalue weighted by Crippen LogP contribution is -2.29. The molecule has 162 valence electrons. The van der Waals surface area contributed by atoms with Gasteiger partial charge in [-0.2, -0.15) is 0 Å². The lowest BCUT2D eigenvalue weighted by atomic mass is 9.95. The number of ether oxygens (including phenoxy) is 2. The van der Waals surface area contributed by atoms with Crippen LogP contribution in [-0.2, 0) is 16.1 Å². The molecule has 0 spiro atoms. The molecule has 0 saturated carbocycles. The van der Waals surface area contributed by atoms with E-state index in [1.54, 1.807) is 42.5 Å². The minimum Gasteiger partial charge on any atom is -0.508 e. The van der Waals surface area contributed by atoms with E-state index in [2.05, 4.69) is 0 Å². The van der Waals surface area contributed by atoms with Crippen LogP contribution in [0.15, 0.2) is 70.9 Å². The maximum atomic E-state index is 13.1. The topological polar surface area (TPSA) is 109 Å². The molecule has 1 amide bonds. The van der Waals surface area contributed by atoms with Crippen LogP contribution in [0.1, 0.15) is 22.9 Å². The highest BCUT2D eigenvalue weighted by Crippen LogP contribution is 2.42. The van der Waals surface area contributed by atoms with Gasteiger partial charge in [0.1, 0.15) is 30.5 Å². The van der Waals surface area contributed by atoms with Crippen LogP contribution in [0.2, 0.25) is 0 Å². The van der Waals surface area contributed by atoms with Crippen LogP contribution in [0.3, 0.4) is 0 Å². The molecule has 3 heterocycles.